The summed E-state index contributed by atoms with van der Waals surface area (Å²) in [5, 5.41) is 2.80. The third-order valence-corrected chi connectivity index (χ3v) is 4.28. The number of carbonyl (C=O) groups excluding carboxylic acids is 1. The maximum Gasteiger partial charge on any atom is 0.331 e. The average Bonchev–Trinajstić information content (AvgIpc) is 3.21. The lowest BCUT2D eigenvalue weighted by Gasteiger charge is -1.98. The van der Waals surface area contributed by atoms with E-state index < -0.39 is 5.97 Å². The Kier molecular flexibility index (Phi) is 5.05. The molecule has 0 saturated carbocycles. The van der Waals surface area contributed by atoms with E-state index in [1.165, 1.54) is 17.4 Å². The van der Waals surface area contributed by atoms with Gasteiger partial charge in [-0.1, -0.05) is 30.3 Å². The molecule has 0 N–H and O–H groups in total. The molecule has 0 unspecified atom stereocenters. The highest BCUT2D eigenvalue weighted by molar-refractivity contribution is 9.10. The average molecular weight is 390 g/mol. The quantitative estimate of drug-likeness (QED) is 0.458. The molecular formula is C17H12BrNO3S. The van der Waals surface area contributed by atoms with Gasteiger partial charge in [0.2, 0.25) is 0 Å². The number of aromatic nitrogens is 1. The number of hydrogen-bond acceptors (Lipinski definition) is 5. The number of furan rings is 1. The fourth-order valence-electron chi connectivity index (χ4n) is 1.85. The predicted octanol–water partition coefficient (Wildman–Crippen LogP) is 4.92. The number of thiazole rings is 1. The second-order valence-corrected chi connectivity index (χ2v) is 6.23. The molecule has 0 saturated heterocycles. The fraction of sp³-hybridized carbons (Fsp3) is 0.0588. The molecule has 0 bridgehead atoms. The Bertz CT molecular complexity index is 823. The van der Waals surface area contributed by atoms with Crippen LogP contribution in [0.5, 0.6) is 0 Å². The van der Waals surface area contributed by atoms with Gasteiger partial charge in [-0.05, 0) is 34.1 Å². The van der Waals surface area contributed by atoms with Crippen molar-refractivity contribution in [2.75, 3.05) is 0 Å². The minimum absolute atomic E-state index is 0.147. The standard InChI is InChI=1S/C17H12BrNO3S/c18-15-8-6-14(22-15)7-9-16(20)21-10-13-11-23-17(19-13)12-4-2-1-3-5-12/h1-9,11H,10H2/b9-7+. The van der Waals surface area contributed by atoms with E-state index in [1.54, 1.807) is 18.2 Å². The minimum atomic E-state index is -0.438. The lowest BCUT2D eigenvalue weighted by atomic mass is 10.2. The Balaban J connectivity index is 1.55. The predicted molar refractivity (Wildman–Crippen MR) is 92.8 cm³/mol. The molecule has 23 heavy (non-hydrogen) atoms. The van der Waals surface area contributed by atoms with Crippen LogP contribution in [0.15, 0.2) is 63.0 Å². The number of rotatable bonds is 5. The van der Waals surface area contributed by atoms with Gasteiger partial charge in [0.15, 0.2) is 4.67 Å². The summed E-state index contributed by atoms with van der Waals surface area (Å²) in [6.07, 6.45) is 2.89. The topological polar surface area (TPSA) is 52.3 Å². The maximum absolute atomic E-state index is 11.7. The first-order valence-corrected chi connectivity index (χ1v) is 8.48. The summed E-state index contributed by atoms with van der Waals surface area (Å²) >= 11 is 4.72. The molecule has 0 spiro atoms. The number of halogens is 1. The molecule has 0 aliphatic rings. The third-order valence-electron chi connectivity index (χ3n) is 2.91. The van der Waals surface area contributed by atoms with Crippen LogP contribution >= 0.6 is 27.3 Å². The monoisotopic (exact) mass is 389 g/mol. The first-order chi connectivity index (χ1) is 11.2. The minimum Gasteiger partial charge on any atom is -0.456 e. The van der Waals surface area contributed by atoms with Gasteiger partial charge >= 0.3 is 5.97 Å². The first kappa shape index (κ1) is 15.7. The zero-order chi connectivity index (χ0) is 16.1. The number of benzene rings is 1. The highest BCUT2D eigenvalue weighted by atomic mass is 79.9. The number of hydrogen-bond donors (Lipinski definition) is 0. The molecule has 1 aromatic carbocycles. The van der Waals surface area contributed by atoms with Crippen LogP contribution in [-0.2, 0) is 16.1 Å². The van der Waals surface area contributed by atoms with E-state index in [0.717, 1.165) is 16.3 Å². The van der Waals surface area contributed by atoms with Gasteiger partial charge in [-0.25, -0.2) is 9.78 Å². The van der Waals surface area contributed by atoms with E-state index in [1.807, 2.05) is 35.7 Å². The highest BCUT2D eigenvalue weighted by Gasteiger charge is 2.06. The van der Waals surface area contributed by atoms with Crippen molar-refractivity contribution in [3.05, 3.63) is 70.0 Å². The number of ether oxygens (including phenoxy) is 1. The van der Waals surface area contributed by atoms with Crippen LogP contribution in [-0.4, -0.2) is 11.0 Å². The van der Waals surface area contributed by atoms with Crippen LogP contribution in [0, 0.1) is 0 Å². The normalized spacial score (nSPS) is 11.0. The Morgan fingerprint density at radius 1 is 1.26 bits per heavy atom. The van der Waals surface area contributed by atoms with E-state index in [9.17, 15) is 4.79 Å². The molecule has 0 fully saturated rings. The van der Waals surface area contributed by atoms with Gasteiger partial charge in [0, 0.05) is 17.0 Å². The lowest BCUT2D eigenvalue weighted by molar-refractivity contribution is -0.139. The Morgan fingerprint density at radius 2 is 2.09 bits per heavy atom. The summed E-state index contributed by atoms with van der Waals surface area (Å²) in [6, 6.07) is 13.4. The molecule has 2 heterocycles. The van der Waals surface area contributed by atoms with E-state index in [4.69, 9.17) is 9.15 Å². The third kappa shape index (κ3) is 4.40. The van der Waals surface area contributed by atoms with Crippen molar-refractivity contribution in [2.45, 2.75) is 6.61 Å². The molecule has 0 atom stereocenters. The number of esters is 1. The SMILES string of the molecule is O=C(/C=C/c1ccc(Br)o1)OCc1csc(-c2ccccc2)n1. The number of nitrogens with zero attached hydrogens (tertiary/aromatic N) is 1. The Labute approximate surface area is 145 Å². The van der Waals surface area contributed by atoms with Crippen molar-refractivity contribution in [3.63, 3.8) is 0 Å². The summed E-state index contributed by atoms with van der Waals surface area (Å²) in [5.41, 5.74) is 1.79. The molecule has 3 aromatic rings. The van der Waals surface area contributed by atoms with Crippen molar-refractivity contribution >= 4 is 39.3 Å². The van der Waals surface area contributed by atoms with Crippen LogP contribution < -0.4 is 0 Å². The molecule has 0 radical (unpaired) electrons. The molecule has 4 nitrogen and oxygen atoms in total. The Hall–Kier alpha value is -2.18. The van der Waals surface area contributed by atoms with Crippen molar-refractivity contribution in [2.24, 2.45) is 0 Å². The summed E-state index contributed by atoms with van der Waals surface area (Å²) in [5.74, 6) is 0.139. The first-order valence-electron chi connectivity index (χ1n) is 6.81. The van der Waals surface area contributed by atoms with Gasteiger partial charge in [-0.2, -0.15) is 0 Å². The van der Waals surface area contributed by atoms with Crippen LogP contribution in [0.25, 0.3) is 16.6 Å². The van der Waals surface area contributed by atoms with Gasteiger partial charge in [0.05, 0.1) is 5.69 Å². The van der Waals surface area contributed by atoms with Crippen LogP contribution in [0.3, 0.4) is 0 Å². The zero-order valence-corrected chi connectivity index (χ0v) is 14.3. The summed E-state index contributed by atoms with van der Waals surface area (Å²) in [7, 11) is 0. The smallest absolute Gasteiger partial charge is 0.331 e. The molecule has 3 rings (SSSR count). The van der Waals surface area contributed by atoms with E-state index in [2.05, 4.69) is 20.9 Å². The fourth-order valence-corrected chi connectivity index (χ4v) is 2.98. The molecule has 0 amide bonds. The van der Waals surface area contributed by atoms with Crippen molar-refractivity contribution in [1.82, 2.24) is 4.98 Å². The van der Waals surface area contributed by atoms with E-state index in [0.29, 0.717) is 10.4 Å². The molecule has 116 valence electrons. The molecule has 2 aromatic heterocycles. The summed E-state index contributed by atoms with van der Waals surface area (Å²) in [4.78, 5) is 16.2. The lowest BCUT2D eigenvalue weighted by Crippen LogP contribution is -2.00. The maximum atomic E-state index is 11.7. The van der Waals surface area contributed by atoms with Crippen LogP contribution in [0.1, 0.15) is 11.5 Å². The van der Waals surface area contributed by atoms with Gasteiger partial charge in [-0.3, -0.25) is 0 Å². The molecule has 6 heteroatoms. The van der Waals surface area contributed by atoms with Gasteiger partial charge in [-0.15, -0.1) is 11.3 Å². The second kappa shape index (κ2) is 7.39. The largest absolute Gasteiger partial charge is 0.456 e. The second-order valence-electron chi connectivity index (χ2n) is 4.59. The van der Waals surface area contributed by atoms with E-state index in [-0.39, 0.29) is 6.61 Å². The van der Waals surface area contributed by atoms with Crippen LogP contribution in [0.4, 0.5) is 0 Å². The molecule has 0 aliphatic heterocycles. The summed E-state index contributed by atoms with van der Waals surface area (Å²) in [6.45, 7) is 0.147. The van der Waals surface area contributed by atoms with Crippen molar-refractivity contribution in [3.8, 4) is 10.6 Å². The van der Waals surface area contributed by atoms with Crippen LogP contribution in [0.2, 0.25) is 0 Å². The zero-order valence-electron chi connectivity index (χ0n) is 11.9. The number of carbonyl (C=O) groups is 1. The van der Waals surface area contributed by atoms with Crippen molar-refractivity contribution < 1.29 is 13.9 Å². The summed E-state index contributed by atoms with van der Waals surface area (Å²) < 4.78 is 11.0. The highest BCUT2D eigenvalue weighted by Crippen LogP contribution is 2.23. The molecular weight excluding hydrogens is 378 g/mol. The van der Waals surface area contributed by atoms with Crippen molar-refractivity contribution in [1.29, 1.82) is 0 Å². The van der Waals surface area contributed by atoms with Gasteiger partial charge in [0.1, 0.15) is 17.4 Å². The van der Waals surface area contributed by atoms with Gasteiger partial charge in [0.25, 0.3) is 0 Å². The van der Waals surface area contributed by atoms with E-state index >= 15 is 0 Å². The Morgan fingerprint density at radius 3 is 2.83 bits per heavy atom. The molecule has 0 aliphatic carbocycles. The van der Waals surface area contributed by atoms with Gasteiger partial charge < -0.3 is 9.15 Å².